The Balaban J connectivity index is 2.26. The molecule has 0 spiro atoms. The molecule has 1 saturated carbocycles. The van der Waals surface area contributed by atoms with Crippen LogP contribution in [0.4, 0.5) is 0 Å². The summed E-state index contributed by atoms with van der Waals surface area (Å²) in [6.45, 7) is 1.92. The number of aryl methyl sites for hydroxylation is 1. The molecule has 2 rings (SSSR count). The van der Waals surface area contributed by atoms with Gasteiger partial charge in [-0.2, -0.15) is 0 Å². The minimum Gasteiger partial charge on any atom is -0.463 e. The molecule has 1 aromatic carbocycles. The summed E-state index contributed by atoms with van der Waals surface area (Å²) in [6, 6.07) is 6.13. The van der Waals surface area contributed by atoms with Gasteiger partial charge in [-0.25, -0.2) is 4.79 Å². The summed E-state index contributed by atoms with van der Waals surface area (Å²) >= 11 is 0. The van der Waals surface area contributed by atoms with Crippen molar-refractivity contribution in [2.24, 2.45) is 0 Å². The van der Waals surface area contributed by atoms with Gasteiger partial charge in [-0.3, -0.25) is 0 Å². The molecule has 122 valence electrons. The molecule has 0 aromatic heterocycles. The molecule has 0 aliphatic heterocycles. The fraction of sp³-hybridized carbons (Fsp3) is 0.421. The zero-order valence-corrected chi connectivity index (χ0v) is 13.6. The quantitative estimate of drug-likeness (QED) is 0.397. The van der Waals surface area contributed by atoms with E-state index in [0.29, 0.717) is 11.7 Å². The molecule has 0 heterocycles. The fourth-order valence-electron chi connectivity index (χ4n) is 2.86. The predicted molar refractivity (Wildman–Crippen MR) is 87.4 cm³/mol. The molecule has 4 nitrogen and oxygen atoms in total. The van der Waals surface area contributed by atoms with Crippen molar-refractivity contribution in [3.8, 4) is 17.8 Å². The first-order valence-corrected chi connectivity index (χ1v) is 7.87. The minimum absolute atomic E-state index is 0.0436. The van der Waals surface area contributed by atoms with Crippen LogP contribution in [0.1, 0.15) is 49.1 Å². The summed E-state index contributed by atoms with van der Waals surface area (Å²) in [6.07, 6.45) is 9.14. The summed E-state index contributed by atoms with van der Waals surface area (Å²) in [5.74, 6) is 2.79. The number of aliphatic hydroxyl groups excluding tert-OH is 1. The van der Waals surface area contributed by atoms with Gasteiger partial charge in [-0.05, 0) is 48.8 Å². The third-order valence-electron chi connectivity index (χ3n) is 4.16. The monoisotopic (exact) mass is 314 g/mol. The average Bonchev–Trinajstić information content (AvgIpc) is 2.60. The summed E-state index contributed by atoms with van der Waals surface area (Å²) in [7, 11) is 1.28. The molecule has 1 N–H and O–H groups in total. The van der Waals surface area contributed by atoms with Gasteiger partial charge in [0.25, 0.3) is 0 Å². The van der Waals surface area contributed by atoms with Crippen LogP contribution in [0.5, 0.6) is 5.75 Å². The second-order valence-electron chi connectivity index (χ2n) is 5.72. The van der Waals surface area contributed by atoms with E-state index >= 15 is 0 Å². The SMILES string of the molecule is COC(=O)/C(=C/C#CO)Oc1cc(C2CCCCC2)ccc1C. The van der Waals surface area contributed by atoms with E-state index in [-0.39, 0.29) is 5.76 Å². The molecule has 0 atom stereocenters. The summed E-state index contributed by atoms with van der Waals surface area (Å²) in [5, 5.41) is 8.59. The van der Waals surface area contributed by atoms with Gasteiger partial charge in [0.05, 0.1) is 7.11 Å². The summed E-state index contributed by atoms with van der Waals surface area (Å²) < 4.78 is 10.4. The lowest BCUT2D eigenvalue weighted by Crippen LogP contribution is -2.12. The van der Waals surface area contributed by atoms with Gasteiger partial charge >= 0.3 is 5.97 Å². The zero-order chi connectivity index (χ0) is 16.7. The number of allylic oxidation sites excluding steroid dienone is 1. The molecule has 4 heteroatoms. The number of carbonyl (C=O) groups is 1. The maximum Gasteiger partial charge on any atom is 0.374 e. The average molecular weight is 314 g/mol. The molecule has 0 amide bonds. The highest BCUT2D eigenvalue weighted by Crippen LogP contribution is 2.35. The Morgan fingerprint density at radius 3 is 2.70 bits per heavy atom. The Bertz CT molecular complexity index is 643. The van der Waals surface area contributed by atoms with Crippen LogP contribution < -0.4 is 4.74 Å². The van der Waals surface area contributed by atoms with E-state index in [1.807, 2.05) is 19.1 Å². The van der Waals surface area contributed by atoms with Crippen molar-refractivity contribution in [1.29, 1.82) is 0 Å². The van der Waals surface area contributed by atoms with Crippen molar-refractivity contribution in [2.45, 2.75) is 44.9 Å². The van der Waals surface area contributed by atoms with Crippen LogP contribution in [0, 0.1) is 19.0 Å². The molecule has 0 bridgehead atoms. The molecule has 1 fully saturated rings. The Morgan fingerprint density at radius 1 is 1.30 bits per heavy atom. The Labute approximate surface area is 137 Å². The molecule has 1 aliphatic carbocycles. The van der Waals surface area contributed by atoms with Crippen molar-refractivity contribution in [3.63, 3.8) is 0 Å². The minimum atomic E-state index is -0.629. The van der Waals surface area contributed by atoms with E-state index in [1.165, 1.54) is 50.9 Å². The van der Waals surface area contributed by atoms with E-state index in [0.717, 1.165) is 5.56 Å². The highest BCUT2D eigenvalue weighted by molar-refractivity contribution is 5.87. The highest BCUT2D eigenvalue weighted by Gasteiger charge is 2.18. The van der Waals surface area contributed by atoms with E-state index in [4.69, 9.17) is 9.84 Å². The lowest BCUT2D eigenvalue weighted by Gasteiger charge is -2.23. The van der Waals surface area contributed by atoms with Crippen LogP contribution in [0.3, 0.4) is 0 Å². The Morgan fingerprint density at radius 2 is 2.04 bits per heavy atom. The molecule has 0 radical (unpaired) electrons. The third-order valence-corrected chi connectivity index (χ3v) is 4.16. The molecule has 0 unspecified atom stereocenters. The van der Waals surface area contributed by atoms with Gasteiger partial charge in [0, 0.05) is 6.08 Å². The van der Waals surface area contributed by atoms with Crippen LogP contribution in [-0.4, -0.2) is 18.2 Å². The van der Waals surface area contributed by atoms with Crippen molar-refractivity contribution in [1.82, 2.24) is 0 Å². The van der Waals surface area contributed by atoms with Gasteiger partial charge in [0.15, 0.2) is 0 Å². The first-order chi connectivity index (χ1) is 11.2. The highest BCUT2D eigenvalue weighted by atomic mass is 16.6. The molecule has 1 aliphatic rings. The number of hydrogen-bond acceptors (Lipinski definition) is 4. The van der Waals surface area contributed by atoms with Crippen LogP contribution in [0.2, 0.25) is 0 Å². The molecule has 23 heavy (non-hydrogen) atoms. The number of aliphatic hydroxyl groups is 1. The molecular formula is C19H22O4. The molecule has 0 saturated heterocycles. The fourth-order valence-corrected chi connectivity index (χ4v) is 2.86. The number of benzene rings is 1. The smallest absolute Gasteiger partial charge is 0.374 e. The van der Waals surface area contributed by atoms with E-state index in [1.54, 1.807) is 6.11 Å². The number of methoxy groups -OCH3 is 1. The van der Waals surface area contributed by atoms with E-state index < -0.39 is 5.97 Å². The second kappa shape index (κ2) is 8.28. The largest absolute Gasteiger partial charge is 0.463 e. The lowest BCUT2D eigenvalue weighted by atomic mass is 9.84. The first-order valence-electron chi connectivity index (χ1n) is 7.87. The van der Waals surface area contributed by atoms with Crippen LogP contribution in [0.25, 0.3) is 0 Å². The number of esters is 1. The number of carbonyl (C=O) groups excluding carboxylic acids is 1. The van der Waals surface area contributed by atoms with Crippen molar-refractivity contribution in [3.05, 3.63) is 41.2 Å². The Kier molecular flexibility index (Phi) is 6.10. The van der Waals surface area contributed by atoms with Gasteiger partial charge in [0.1, 0.15) is 11.9 Å². The number of ether oxygens (including phenoxy) is 2. The molecule has 1 aromatic rings. The predicted octanol–water partition coefficient (Wildman–Crippen LogP) is 3.81. The maximum absolute atomic E-state index is 11.8. The van der Waals surface area contributed by atoms with Crippen molar-refractivity contribution < 1.29 is 19.4 Å². The third kappa shape index (κ3) is 4.53. The van der Waals surface area contributed by atoms with Crippen LogP contribution >= 0.6 is 0 Å². The first kappa shape index (κ1) is 17.0. The molecular weight excluding hydrogens is 292 g/mol. The second-order valence-corrected chi connectivity index (χ2v) is 5.72. The van der Waals surface area contributed by atoms with Gasteiger partial charge < -0.3 is 14.6 Å². The van der Waals surface area contributed by atoms with Gasteiger partial charge in [0.2, 0.25) is 5.76 Å². The summed E-state index contributed by atoms with van der Waals surface area (Å²) in [4.78, 5) is 11.8. The zero-order valence-electron chi connectivity index (χ0n) is 13.6. The summed E-state index contributed by atoms with van der Waals surface area (Å²) in [5.41, 5.74) is 2.17. The number of rotatable bonds is 4. The van der Waals surface area contributed by atoms with Gasteiger partial charge in [-0.15, -0.1) is 0 Å². The van der Waals surface area contributed by atoms with Gasteiger partial charge in [-0.1, -0.05) is 31.4 Å². The topological polar surface area (TPSA) is 55.8 Å². The van der Waals surface area contributed by atoms with Crippen LogP contribution in [-0.2, 0) is 9.53 Å². The van der Waals surface area contributed by atoms with Crippen LogP contribution in [0.15, 0.2) is 30.0 Å². The Hall–Kier alpha value is -2.41. The standard InChI is InChI=1S/C19H22O4/c1-14-10-11-16(15-7-4-3-5-8-15)13-18(14)23-17(9-6-12-20)19(21)22-2/h9-11,13,15,20H,3-5,7-8H2,1-2H3/b17-9-. The number of hydrogen-bond donors (Lipinski definition) is 1. The normalized spacial score (nSPS) is 15.5. The van der Waals surface area contributed by atoms with Crippen molar-refractivity contribution >= 4 is 5.97 Å². The lowest BCUT2D eigenvalue weighted by molar-refractivity contribution is -0.138. The van der Waals surface area contributed by atoms with Crippen molar-refractivity contribution in [2.75, 3.05) is 7.11 Å². The maximum atomic E-state index is 11.8. The van der Waals surface area contributed by atoms with E-state index in [2.05, 4.69) is 16.7 Å². The van der Waals surface area contributed by atoms with E-state index in [9.17, 15) is 4.79 Å².